The summed E-state index contributed by atoms with van der Waals surface area (Å²) in [5.41, 5.74) is 0. The third-order valence-corrected chi connectivity index (χ3v) is 2.44. The topological polar surface area (TPSA) is 20.3 Å². The van der Waals surface area contributed by atoms with Crippen molar-refractivity contribution in [3.8, 4) is 0 Å². The van der Waals surface area contributed by atoms with Crippen LogP contribution < -0.4 is 0 Å². The average molecular weight is 199 g/mol. The molecule has 0 radical (unpaired) electrons. The van der Waals surface area contributed by atoms with Gasteiger partial charge in [-0.05, 0) is 32.9 Å². The third kappa shape index (κ3) is 8.24. The van der Waals surface area contributed by atoms with Crippen molar-refractivity contribution in [3.63, 3.8) is 0 Å². The molecular weight excluding hydrogens is 174 g/mol. The molecule has 0 rings (SSSR count). The lowest BCUT2D eigenvalue weighted by Gasteiger charge is -2.21. The summed E-state index contributed by atoms with van der Waals surface area (Å²) < 4.78 is 0. The summed E-state index contributed by atoms with van der Waals surface area (Å²) in [5, 5.41) is 0. The van der Waals surface area contributed by atoms with Crippen LogP contribution in [-0.4, -0.2) is 30.3 Å². The molecule has 0 aliphatic rings. The summed E-state index contributed by atoms with van der Waals surface area (Å²) >= 11 is 0. The smallest absolute Gasteiger partial charge is 0.131 e. The number of hydrogen-bond donors (Lipinski definition) is 0. The minimum Gasteiger partial charge on any atom is -0.303 e. The number of carbonyl (C=O) groups is 1. The zero-order valence-corrected chi connectivity index (χ0v) is 10.0. The van der Waals surface area contributed by atoms with E-state index < -0.39 is 0 Å². The van der Waals surface area contributed by atoms with Crippen molar-refractivity contribution in [2.24, 2.45) is 0 Å². The van der Waals surface area contributed by atoms with E-state index in [4.69, 9.17) is 0 Å². The van der Waals surface area contributed by atoms with E-state index in [2.05, 4.69) is 18.7 Å². The normalized spacial score (nSPS) is 10.9. The highest BCUT2D eigenvalue weighted by Gasteiger charge is 2.04. The fourth-order valence-corrected chi connectivity index (χ4v) is 1.41. The van der Waals surface area contributed by atoms with E-state index in [0.717, 1.165) is 19.6 Å². The van der Waals surface area contributed by atoms with Crippen LogP contribution in [0, 0.1) is 0 Å². The maximum absolute atomic E-state index is 10.9. The van der Waals surface area contributed by atoms with Gasteiger partial charge in [0.2, 0.25) is 0 Å². The Kier molecular flexibility index (Phi) is 8.95. The Bertz CT molecular complexity index is 137. The molecule has 0 heterocycles. The van der Waals surface area contributed by atoms with Gasteiger partial charge in [0.05, 0.1) is 0 Å². The van der Waals surface area contributed by atoms with Gasteiger partial charge in [-0.15, -0.1) is 0 Å². The molecule has 0 aliphatic heterocycles. The van der Waals surface area contributed by atoms with Crippen molar-refractivity contribution in [1.82, 2.24) is 4.90 Å². The molecule has 0 aliphatic carbocycles. The van der Waals surface area contributed by atoms with Crippen LogP contribution in [0.25, 0.3) is 0 Å². The van der Waals surface area contributed by atoms with Gasteiger partial charge in [-0.1, -0.05) is 26.7 Å². The number of hydrogen-bond acceptors (Lipinski definition) is 2. The molecule has 0 fully saturated rings. The van der Waals surface area contributed by atoms with Crippen LogP contribution in [0.1, 0.15) is 52.9 Å². The van der Waals surface area contributed by atoms with E-state index in [1.165, 1.54) is 25.7 Å². The Labute approximate surface area is 88.7 Å². The number of unbranched alkanes of at least 4 members (excludes halogenated alkanes) is 2. The van der Waals surface area contributed by atoms with Crippen molar-refractivity contribution >= 4 is 5.78 Å². The Hall–Kier alpha value is -0.370. The SMILES string of the molecule is CCCCN(CCCC)CCC(C)=O. The minimum absolute atomic E-state index is 0.308. The molecule has 14 heavy (non-hydrogen) atoms. The Morgan fingerprint density at radius 3 is 1.86 bits per heavy atom. The first kappa shape index (κ1) is 13.6. The molecular formula is C12H25NO. The lowest BCUT2D eigenvalue weighted by atomic mass is 10.2. The number of carbonyl (C=O) groups excluding carboxylic acids is 1. The Morgan fingerprint density at radius 2 is 1.50 bits per heavy atom. The predicted molar refractivity (Wildman–Crippen MR) is 61.6 cm³/mol. The summed E-state index contributed by atoms with van der Waals surface area (Å²) in [5.74, 6) is 0.308. The van der Waals surface area contributed by atoms with Gasteiger partial charge in [-0.3, -0.25) is 4.79 Å². The average Bonchev–Trinajstić information content (AvgIpc) is 2.16. The van der Waals surface area contributed by atoms with Crippen LogP contribution in [-0.2, 0) is 4.79 Å². The van der Waals surface area contributed by atoms with Crippen LogP contribution in [0.4, 0.5) is 0 Å². The van der Waals surface area contributed by atoms with Crippen molar-refractivity contribution in [3.05, 3.63) is 0 Å². The van der Waals surface area contributed by atoms with Gasteiger partial charge in [0.25, 0.3) is 0 Å². The monoisotopic (exact) mass is 199 g/mol. The summed E-state index contributed by atoms with van der Waals surface area (Å²) in [6.45, 7) is 9.37. The first-order chi connectivity index (χ1) is 6.70. The van der Waals surface area contributed by atoms with Gasteiger partial charge in [0.1, 0.15) is 5.78 Å². The second kappa shape index (κ2) is 9.20. The molecule has 2 nitrogen and oxygen atoms in total. The fraction of sp³-hybridized carbons (Fsp3) is 0.917. The summed E-state index contributed by atoms with van der Waals surface area (Å²) in [7, 11) is 0. The van der Waals surface area contributed by atoms with E-state index >= 15 is 0 Å². The van der Waals surface area contributed by atoms with Gasteiger partial charge < -0.3 is 4.90 Å². The number of ketones is 1. The van der Waals surface area contributed by atoms with Gasteiger partial charge in [0.15, 0.2) is 0 Å². The molecule has 0 amide bonds. The molecule has 0 aromatic carbocycles. The van der Waals surface area contributed by atoms with Crippen LogP contribution >= 0.6 is 0 Å². The highest BCUT2D eigenvalue weighted by molar-refractivity contribution is 5.75. The van der Waals surface area contributed by atoms with E-state index in [-0.39, 0.29) is 0 Å². The fourth-order valence-electron chi connectivity index (χ4n) is 1.41. The number of nitrogens with zero attached hydrogens (tertiary/aromatic N) is 1. The molecule has 0 atom stereocenters. The molecule has 0 N–H and O–H groups in total. The second-order valence-electron chi connectivity index (χ2n) is 4.00. The van der Waals surface area contributed by atoms with Gasteiger partial charge in [0, 0.05) is 13.0 Å². The molecule has 84 valence electrons. The van der Waals surface area contributed by atoms with E-state index in [1.54, 1.807) is 6.92 Å². The van der Waals surface area contributed by atoms with Crippen LogP contribution in [0.3, 0.4) is 0 Å². The van der Waals surface area contributed by atoms with Crippen LogP contribution in [0.15, 0.2) is 0 Å². The minimum atomic E-state index is 0.308. The third-order valence-electron chi connectivity index (χ3n) is 2.44. The molecule has 0 spiro atoms. The van der Waals surface area contributed by atoms with Crippen molar-refractivity contribution in [2.75, 3.05) is 19.6 Å². The predicted octanol–water partition coefficient (Wildman–Crippen LogP) is 2.87. The molecule has 0 unspecified atom stereocenters. The van der Waals surface area contributed by atoms with Gasteiger partial charge >= 0.3 is 0 Å². The lowest BCUT2D eigenvalue weighted by Crippen LogP contribution is -2.28. The Morgan fingerprint density at radius 1 is 1.00 bits per heavy atom. The Balaban J connectivity index is 3.65. The highest BCUT2D eigenvalue weighted by Crippen LogP contribution is 2.00. The largest absolute Gasteiger partial charge is 0.303 e. The molecule has 0 aromatic heterocycles. The molecule has 0 saturated heterocycles. The summed E-state index contributed by atoms with van der Waals surface area (Å²) in [6.07, 6.45) is 5.70. The zero-order valence-electron chi connectivity index (χ0n) is 10.0. The maximum atomic E-state index is 10.9. The first-order valence-corrected chi connectivity index (χ1v) is 5.92. The van der Waals surface area contributed by atoms with Crippen molar-refractivity contribution in [1.29, 1.82) is 0 Å². The second-order valence-corrected chi connectivity index (χ2v) is 4.00. The summed E-state index contributed by atoms with van der Waals surface area (Å²) in [4.78, 5) is 13.3. The molecule has 0 bridgehead atoms. The standard InChI is InChI=1S/C12H25NO/c1-4-6-9-13(10-7-5-2)11-8-12(3)14/h4-11H2,1-3H3. The van der Waals surface area contributed by atoms with Crippen LogP contribution in [0.5, 0.6) is 0 Å². The van der Waals surface area contributed by atoms with Gasteiger partial charge in [-0.2, -0.15) is 0 Å². The quantitative estimate of drug-likeness (QED) is 0.569. The summed E-state index contributed by atoms with van der Waals surface area (Å²) in [6, 6.07) is 0. The molecule has 2 heteroatoms. The maximum Gasteiger partial charge on any atom is 0.131 e. The lowest BCUT2D eigenvalue weighted by molar-refractivity contribution is -0.117. The van der Waals surface area contributed by atoms with E-state index in [1.807, 2.05) is 0 Å². The van der Waals surface area contributed by atoms with Gasteiger partial charge in [-0.25, -0.2) is 0 Å². The molecule has 0 aromatic rings. The van der Waals surface area contributed by atoms with E-state index in [0.29, 0.717) is 12.2 Å². The number of Topliss-reactive ketones (excluding diaryl/α,β-unsaturated/α-hetero) is 1. The molecule has 0 saturated carbocycles. The van der Waals surface area contributed by atoms with Crippen LogP contribution in [0.2, 0.25) is 0 Å². The zero-order chi connectivity index (χ0) is 10.8. The number of rotatable bonds is 9. The van der Waals surface area contributed by atoms with Crippen molar-refractivity contribution in [2.45, 2.75) is 52.9 Å². The first-order valence-electron chi connectivity index (χ1n) is 5.92. The highest BCUT2D eigenvalue weighted by atomic mass is 16.1. The van der Waals surface area contributed by atoms with Crippen molar-refractivity contribution < 1.29 is 4.79 Å². The van der Waals surface area contributed by atoms with E-state index in [9.17, 15) is 4.79 Å².